The van der Waals surface area contributed by atoms with Crippen LogP contribution >= 0.6 is 21.6 Å². The number of phenols is 1. The number of hydrogen-bond donors (Lipinski definition) is 12. The molecule has 0 aromatic heterocycles. The number of carbonyl (C=O) groups excluding carboxylic acids is 11. The van der Waals surface area contributed by atoms with Crippen LogP contribution in [-0.4, -0.2) is 148 Å². The normalized spacial score (nSPS) is 24.5. The molecule has 2 heterocycles. The second kappa shape index (κ2) is 27.0. The quantitative estimate of drug-likeness (QED) is 0.0703. The van der Waals surface area contributed by atoms with Gasteiger partial charge in [0.05, 0.1) is 25.4 Å². The summed E-state index contributed by atoms with van der Waals surface area (Å²) in [4.78, 5) is 148. The molecular formula is C42H64N12O12S2. The van der Waals surface area contributed by atoms with Gasteiger partial charge < -0.3 is 70.2 Å². The molecule has 0 bridgehead atoms. The number of likely N-dealkylation sites (tertiary alicyclic amines) is 1. The number of carbonyl (C=O) groups is 11. The van der Waals surface area contributed by atoms with Gasteiger partial charge in [-0.25, -0.2) is 0 Å². The van der Waals surface area contributed by atoms with Crippen LogP contribution in [0, 0.1) is 11.8 Å². The molecule has 2 saturated heterocycles. The topological polar surface area (TPSA) is 400 Å². The lowest BCUT2D eigenvalue weighted by Crippen LogP contribution is -2.62. The monoisotopic (exact) mass is 992 g/mol. The Kier molecular flexibility index (Phi) is 22.3. The highest BCUT2D eigenvalue weighted by molar-refractivity contribution is 8.76. The molecule has 9 unspecified atom stereocenters. The zero-order chi connectivity index (χ0) is 50.8. The number of phenolic OH excluding ortho intramolecular Hbond substituents is 1. The SMILES string of the molecule is CCC(C)C1NC(=O)C(Cc2ccc(O)cc2)NC(=O)C(N)CSSCC(C(=O)N2CCCC2C(=O)NC(CC(C)C)C(=O)NCC(N)=O)NC(=O)C(CC(N)=O)NC(=O)C(CC(N)=O)NC1=O. The van der Waals surface area contributed by atoms with E-state index in [4.69, 9.17) is 22.9 Å². The molecule has 2 aliphatic rings. The zero-order valence-corrected chi connectivity index (χ0v) is 40.0. The second-order valence-corrected chi connectivity index (χ2v) is 19.6. The van der Waals surface area contributed by atoms with Gasteiger partial charge >= 0.3 is 0 Å². The fraction of sp³-hybridized carbons (Fsp3) is 0.595. The standard InChI is InChI=1S/C42H64N12O12S2/c1-5-21(4)34-41(65)51-28(16-32(45)57)37(61)49-27(15-31(44)56)38(62)52-29(19-68-67-18-24(43)35(59)48-26(39(63)53-34)14-22-8-10-23(55)11-9-22)42(66)54-12-6-7-30(54)40(64)50-25(13-20(2)3)36(60)47-17-33(46)58/h8-11,20-21,24-30,34,55H,5-7,12-19,43H2,1-4H3,(H2,44,56)(H2,45,57)(H2,46,58)(H,47,60)(H,48,59)(H,49,61)(H,50,64)(H,51,65)(H,52,62)(H,53,63). The van der Waals surface area contributed by atoms with Gasteiger partial charge in [0.1, 0.15) is 48.0 Å². The van der Waals surface area contributed by atoms with Crippen molar-refractivity contribution < 1.29 is 57.8 Å². The number of aromatic hydroxyl groups is 1. The Bertz CT molecular complexity index is 2030. The summed E-state index contributed by atoms with van der Waals surface area (Å²) in [6.07, 6.45) is -0.745. The molecule has 376 valence electrons. The fourth-order valence-electron chi connectivity index (χ4n) is 7.20. The number of primary amides is 3. The summed E-state index contributed by atoms with van der Waals surface area (Å²) >= 11 is 0. The minimum absolute atomic E-state index is 0.0430. The molecule has 9 atom stereocenters. The van der Waals surface area contributed by atoms with E-state index >= 15 is 0 Å². The molecule has 1 aromatic carbocycles. The average molecular weight is 993 g/mol. The first-order valence-corrected chi connectivity index (χ1v) is 24.5. The van der Waals surface area contributed by atoms with E-state index in [-0.39, 0.29) is 49.0 Å². The summed E-state index contributed by atoms with van der Waals surface area (Å²) in [6.45, 7) is 6.55. The Labute approximate surface area is 401 Å². The summed E-state index contributed by atoms with van der Waals surface area (Å²) in [7, 11) is 2.03. The maximum atomic E-state index is 14.5. The smallest absolute Gasteiger partial charge is 0.246 e. The van der Waals surface area contributed by atoms with Gasteiger partial charge in [-0.2, -0.15) is 0 Å². The Morgan fingerprint density at radius 3 is 1.90 bits per heavy atom. The number of amides is 11. The molecule has 26 heteroatoms. The fourth-order valence-corrected chi connectivity index (χ4v) is 9.48. The summed E-state index contributed by atoms with van der Waals surface area (Å²) in [5, 5.41) is 27.4. The van der Waals surface area contributed by atoms with Crippen LogP contribution in [0.1, 0.15) is 71.8 Å². The molecule has 0 spiro atoms. The summed E-state index contributed by atoms with van der Waals surface area (Å²) < 4.78 is 0. The lowest BCUT2D eigenvalue weighted by atomic mass is 9.96. The third kappa shape index (κ3) is 17.8. The predicted molar refractivity (Wildman–Crippen MR) is 250 cm³/mol. The van der Waals surface area contributed by atoms with Crippen molar-refractivity contribution >= 4 is 86.6 Å². The molecule has 24 nitrogen and oxygen atoms in total. The van der Waals surface area contributed by atoms with Crippen LogP contribution < -0.4 is 60.2 Å². The van der Waals surface area contributed by atoms with Crippen molar-refractivity contribution in [1.82, 2.24) is 42.1 Å². The molecule has 2 aliphatic heterocycles. The van der Waals surface area contributed by atoms with Crippen LogP contribution in [0.3, 0.4) is 0 Å². The van der Waals surface area contributed by atoms with Crippen molar-refractivity contribution in [1.29, 1.82) is 0 Å². The number of nitrogens with two attached hydrogens (primary N) is 4. The predicted octanol–water partition coefficient (Wildman–Crippen LogP) is -4.00. The van der Waals surface area contributed by atoms with Gasteiger partial charge in [0.25, 0.3) is 0 Å². The lowest BCUT2D eigenvalue weighted by molar-refractivity contribution is -0.142. The third-order valence-electron chi connectivity index (χ3n) is 11.0. The number of rotatable bonds is 16. The van der Waals surface area contributed by atoms with E-state index < -0.39 is 139 Å². The van der Waals surface area contributed by atoms with Crippen molar-refractivity contribution in [2.75, 3.05) is 24.6 Å². The van der Waals surface area contributed by atoms with Crippen molar-refractivity contribution in [3.8, 4) is 5.75 Å². The molecule has 11 amide bonds. The third-order valence-corrected chi connectivity index (χ3v) is 13.5. The van der Waals surface area contributed by atoms with Crippen LogP contribution in [0.25, 0.3) is 0 Å². The summed E-state index contributed by atoms with van der Waals surface area (Å²) in [5.74, 6) is -10.9. The van der Waals surface area contributed by atoms with Crippen LogP contribution in [0.5, 0.6) is 5.75 Å². The highest BCUT2D eigenvalue weighted by atomic mass is 33.1. The molecule has 1 aromatic rings. The van der Waals surface area contributed by atoms with Gasteiger partial charge in [0, 0.05) is 24.5 Å². The molecule has 16 N–H and O–H groups in total. The summed E-state index contributed by atoms with van der Waals surface area (Å²) in [5.41, 5.74) is 22.9. The van der Waals surface area contributed by atoms with E-state index in [1.54, 1.807) is 13.8 Å². The van der Waals surface area contributed by atoms with E-state index in [1.807, 2.05) is 13.8 Å². The van der Waals surface area contributed by atoms with E-state index in [1.165, 1.54) is 29.2 Å². The van der Waals surface area contributed by atoms with Crippen LogP contribution in [-0.2, 0) is 59.2 Å². The first-order chi connectivity index (χ1) is 32.0. The average Bonchev–Trinajstić information content (AvgIpc) is 3.77. The van der Waals surface area contributed by atoms with E-state index in [9.17, 15) is 57.8 Å². The van der Waals surface area contributed by atoms with Gasteiger partial charge in [0.2, 0.25) is 65.0 Å². The summed E-state index contributed by atoms with van der Waals surface area (Å²) in [6, 6.07) is -5.38. The number of nitrogens with one attached hydrogen (secondary N) is 7. The van der Waals surface area contributed by atoms with E-state index in [2.05, 4.69) is 37.2 Å². The van der Waals surface area contributed by atoms with Crippen molar-refractivity contribution in [3.63, 3.8) is 0 Å². The first-order valence-electron chi connectivity index (χ1n) is 22.0. The Morgan fingerprint density at radius 2 is 1.32 bits per heavy atom. The van der Waals surface area contributed by atoms with E-state index in [0.29, 0.717) is 18.4 Å². The molecular weight excluding hydrogens is 929 g/mol. The minimum Gasteiger partial charge on any atom is -0.508 e. The second-order valence-electron chi connectivity index (χ2n) is 17.1. The van der Waals surface area contributed by atoms with E-state index in [0.717, 1.165) is 21.6 Å². The van der Waals surface area contributed by atoms with Crippen LogP contribution in [0.4, 0.5) is 0 Å². The van der Waals surface area contributed by atoms with Crippen LogP contribution in [0.2, 0.25) is 0 Å². The molecule has 0 radical (unpaired) electrons. The highest BCUT2D eigenvalue weighted by Gasteiger charge is 2.41. The maximum Gasteiger partial charge on any atom is 0.246 e. The van der Waals surface area contributed by atoms with Crippen LogP contribution in [0.15, 0.2) is 24.3 Å². The van der Waals surface area contributed by atoms with Gasteiger partial charge in [0.15, 0.2) is 0 Å². The Balaban J connectivity index is 2.04. The molecule has 0 aliphatic carbocycles. The maximum absolute atomic E-state index is 14.5. The number of benzene rings is 1. The van der Waals surface area contributed by atoms with Gasteiger partial charge in [-0.1, -0.05) is 67.8 Å². The number of hydrogen-bond acceptors (Lipinski definition) is 15. The van der Waals surface area contributed by atoms with Crippen molar-refractivity contribution in [2.45, 2.75) is 121 Å². The highest BCUT2D eigenvalue weighted by Crippen LogP contribution is 2.26. The lowest BCUT2D eigenvalue weighted by Gasteiger charge is -2.31. The van der Waals surface area contributed by atoms with Gasteiger partial charge in [-0.15, -0.1) is 0 Å². The molecule has 2 fully saturated rings. The Morgan fingerprint density at radius 1 is 0.765 bits per heavy atom. The number of nitrogens with zero attached hydrogens (tertiary/aromatic N) is 1. The Hall–Kier alpha value is -6.15. The molecule has 3 rings (SSSR count). The van der Waals surface area contributed by atoms with Crippen molar-refractivity contribution in [3.05, 3.63) is 29.8 Å². The molecule has 0 saturated carbocycles. The molecule has 68 heavy (non-hydrogen) atoms. The van der Waals surface area contributed by atoms with Gasteiger partial charge in [-0.3, -0.25) is 52.7 Å². The minimum atomic E-state index is -1.79. The van der Waals surface area contributed by atoms with Gasteiger partial charge in [-0.05, 0) is 48.8 Å². The van der Waals surface area contributed by atoms with Crippen molar-refractivity contribution in [2.24, 2.45) is 34.8 Å². The zero-order valence-electron chi connectivity index (χ0n) is 38.4. The largest absolute Gasteiger partial charge is 0.508 e. The first kappa shape index (κ1) is 56.2.